The Hall–Kier alpha value is -4.08. The molecule has 2 rings (SSSR count). The van der Waals surface area contributed by atoms with E-state index in [4.69, 9.17) is 28.7 Å². The normalized spacial score (nSPS) is 10.4. The van der Waals surface area contributed by atoms with Crippen LogP contribution in [0.25, 0.3) is 0 Å². The van der Waals surface area contributed by atoms with Crippen LogP contribution >= 0.6 is 0 Å². The molecule has 0 fully saturated rings. The first kappa shape index (κ1) is 34.1. The summed E-state index contributed by atoms with van der Waals surface area (Å²) in [5, 5.41) is 0. The zero-order chi connectivity index (χ0) is 30.4. The highest BCUT2D eigenvalue weighted by molar-refractivity contribution is 5.96. The van der Waals surface area contributed by atoms with Crippen molar-refractivity contribution in [3.05, 3.63) is 59.7 Å². The number of para-hydroxylation sites is 2. The fourth-order valence-corrected chi connectivity index (χ4v) is 3.93. The molecule has 0 saturated heterocycles. The van der Waals surface area contributed by atoms with Crippen LogP contribution in [-0.4, -0.2) is 37.5 Å². The Balaban J connectivity index is 1.83. The van der Waals surface area contributed by atoms with E-state index in [2.05, 4.69) is 13.8 Å². The average molecular weight is 587 g/mol. The van der Waals surface area contributed by atoms with Gasteiger partial charge >= 0.3 is 24.2 Å². The van der Waals surface area contributed by atoms with Crippen LogP contribution in [0.15, 0.2) is 48.5 Å². The summed E-state index contributed by atoms with van der Waals surface area (Å²) in [4.78, 5) is 58.8. The van der Waals surface area contributed by atoms with Gasteiger partial charge in [0.1, 0.15) is 22.6 Å². The van der Waals surface area contributed by atoms with Gasteiger partial charge in [-0.3, -0.25) is 0 Å². The molecule has 0 atom stereocenters. The minimum atomic E-state index is -1.08. The molecule has 42 heavy (non-hydrogen) atoms. The Bertz CT molecular complexity index is 1030. The maximum absolute atomic E-state index is 12.6. The van der Waals surface area contributed by atoms with Gasteiger partial charge in [-0.1, -0.05) is 102 Å². The summed E-state index contributed by atoms with van der Waals surface area (Å²) in [6.07, 6.45) is 10.5. The van der Waals surface area contributed by atoms with Crippen molar-refractivity contribution in [1.82, 2.24) is 0 Å². The second-order valence-electron chi connectivity index (χ2n) is 9.67. The van der Waals surface area contributed by atoms with Crippen LogP contribution < -0.4 is 9.47 Å². The standard InChI is InChI=1S/C32H42O10/c1-3-5-7-9-11-17-23-37-31(35)39-27-21-15-13-19-25(27)29(33)41-42-30(34)26-20-14-16-22-28(26)40-32(36)38-24-18-12-10-8-6-4-2/h13-16,19-22H,3-12,17-18,23-24H2,1-2H3. The average Bonchev–Trinajstić information content (AvgIpc) is 2.99. The van der Waals surface area contributed by atoms with Gasteiger partial charge in [0.05, 0.1) is 13.2 Å². The summed E-state index contributed by atoms with van der Waals surface area (Å²) >= 11 is 0. The number of carbonyl (C=O) groups excluding carboxylic acids is 4. The van der Waals surface area contributed by atoms with E-state index in [1.165, 1.54) is 49.2 Å². The largest absolute Gasteiger partial charge is 0.513 e. The van der Waals surface area contributed by atoms with Crippen molar-refractivity contribution in [3.63, 3.8) is 0 Å². The van der Waals surface area contributed by atoms with E-state index in [-0.39, 0.29) is 35.8 Å². The van der Waals surface area contributed by atoms with E-state index in [0.717, 1.165) is 51.4 Å². The first-order chi connectivity index (χ1) is 20.5. The number of benzene rings is 2. The third kappa shape index (κ3) is 13.5. The van der Waals surface area contributed by atoms with Crippen LogP contribution in [0.1, 0.15) is 112 Å². The van der Waals surface area contributed by atoms with Gasteiger partial charge in [0, 0.05) is 0 Å². The number of carbonyl (C=O) groups is 4. The minimum absolute atomic E-state index is 0.122. The third-order valence-corrected chi connectivity index (χ3v) is 6.23. The van der Waals surface area contributed by atoms with Crippen LogP contribution in [0.4, 0.5) is 9.59 Å². The Labute approximate surface area is 247 Å². The predicted molar refractivity (Wildman–Crippen MR) is 154 cm³/mol. The summed E-state index contributed by atoms with van der Waals surface area (Å²) in [7, 11) is 0. The SMILES string of the molecule is CCCCCCCCOC(=O)Oc1ccccc1C(=O)OOC(=O)c1ccccc1OC(=O)OCCCCCCCC. The van der Waals surface area contributed by atoms with Crippen LogP contribution in [0.5, 0.6) is 11.5 Å². The molecule has 0 aromatic heterocycles. The summed E-state index contributed by atoms with van der Waals surface area (Å²) in [5.41, 5.74) is -0.325. The van der Waals surface area contributed by atoms with Gasteiger partial charge in [0.25, 0.3) is 0 Å². The molecule has 0 saturated carbocycles. The molecule has 10 heteroatoms. The van der Waals surface area contributed by atoms with Crippen molar-refractivity contribution < 1.29 is 47.9 Å². The fraction of sp³-hybridized carbons (Fsp3) is 0.500. The molecule has 0 aliphatic rings. The number of rotatable bonds is 18. The molecule has 0 aliphatic heterocycles. The molecular formula is C32H42O10. The maximum atomic E-state index is 12.6. The van der Waals surface area contributed by atoms with E-state index in [9.17, 15) is 19.2 Å². The lowest BCUT2D eigenvalue weighted by atomic mass is 10.1. The first-order valence-corrected chi connectivity index (χ1v) is 14.8. The van der Waals surface area contributed by atoms with Gasteiger partial charge in [0.2, 0.25) is 0 Å². The highest BCUT2D eigenvalue weighted by Gasteiger charge is 2.22. The number of ether oxygens (including phenoxy) is 4. The molecular weight excluding hydrogens is 544 g/mol. The Morgan fingerprint density at radius 2 is 0.857 bits per heavy atom. The molecule has 0 heterocycles. The second-order valence-corrected chi connectivity index (χ2v) is 9.67. The monoisotopic (exact) mass is 586 g/mol. The Kier molecular flexibility index (Phi) is 16.9. The quantitative estimate of drug-likeness (QED) is 0.0553. The van der Waals surface area contributed by atoms with E-state index in [0.29, 0.717) is 12.8 Å². The van der Waals surface area contributed by atoms with Crippen molar-refractivity contribution in [3.8, 4) is 11.5 Å². The van der Waals surface area contributed by atoms with Crippen molar-refractivity contribution in [2.45, 2.75) is 90.9 Å². The summed E-state index contributed by atoms with van der Waals surface area (Å²) in [5.74, 6) is -2.41. The van der Waals surface area contributed by atoms with Crippen LogP contribution in [0.2, 0.25) is 0 Å². The van der Waals surface area contributed by atoms with Gasteiger partial charge < -0.3 is 18.9 Å². The number of hydrogen-bond donors (Lipinski definition) is 0. The van der Waals surface area contributed by atoms with E-state index >= 15 is 0 Å². The number of hydrogen-bond acceptors (Lipinski definition) is 10. The zero-order valence-corrected chi connectivity index (χ0v) is 24.6. The molecule has 0 bridgehead atoms. The van der Waals surface area contributed by atoms with Gasteiger partial charge in [-0.2, -0.15) is 0 Å². The summed E-state index contributed by atoms with van der Waals surface area (Å²) in [6, 6.07) is 11.6. The van der Waals surface area contributed by atoms with E-state index in [1.807, 2.05) is 0 Å². The van der Waals surface area contributed by atoms with Crippen molar-refractivity contribution >= 4 is 24.2 Å². The Morgan fingerprint density at radius 3 is 1.26 bits per heavy atom. The molecule has 10 nitrogen and oxygen atoms in total. The first-order valence-electron chi connectivity index (χ1n) is 14.8. The minimum Gasteiger partial charge on any atom is -0.434 e. The highest BCUT2D eigenvalue weighted by Crippen LogP contribution is 2.22. The van der Waals surface area contributed by atoms with Crippen LogP contribution in [-0.2, 0) is 19.2 Å². The molecule has 0 spiro atoms. The van der Waals surface area contributed by atoms with Crippen molar-refractivity contribution in [2.24, 2.45) is 0 Å². The van der Waals surface area contributed by atoms with Crippen LogP contribution in [0, 0.1) is 0 Å². The fourth-order valence-electron chi connectivity index (χ4n) is 3.93. The molecule has 2 aromatic carbocycles. The molecule has 0 radical (unpaired) electrons. The van der Waals surface area contributed by atoms with E-state index in [1.54, 1.807) is 12.1 Å². The third-order valence-electron chi connectivity index (χ3n) is 6.23. The van der Waals surface area contributed by atoms with Crippen molar-refractivity contribution in [1.29, 1.82) is 0 Å². The van der Waals surface area contributed by atoms with Crippen LogP contribution in [0.3, 0.4) is 0 Å². The summed E-state index contributed by atoms with van der Waals surface area (Å²) in [6.45, 7) is 4.68. The van der Waals surface area contributed by atoms with Gasteiger partial charge in [-0.25, -0.2) is 29.0 Å². The molecule has 0 unspecified atom stereocenters. The summed E-state index contributed by atoms with van der Waals surface area (Å²) < 4.78 is 20.5. The number of unbranched alkanes of at least 4 members (excludes halogenated alkanes) is 10. The molecule has 2 aromatic rings. The molecule has 0 aliphatic carbocycles. The van der Waals surface area contributed by atoms with Gasteiger partial charge in [-0.15, -0.1) is 0 Å². The van der Waals surface area contributed by atoms with Gasteiger partial charge in [-0.05, 0) is 37.1 Å². The maximum Gasteiger partial charge on any atom is 0.513 e. The Morgan fingerprint density at radius 1 is 0.500 bits per heavy atom. The second kappa shape index (κ2) is 20.7. The van der Waals surface area contributed by atoms with E-state index < -0.39 is 24.2 Å². The topological polar surface area (TPSA) is 124 Å². The predicted octanol–water partition coefficient (Wildman–Crippen LogP) is 8.37. The highest BCUT2D eigenvalue weighted by atomic mass is 17.2. The molecule has 0 N–H and O–H groups in total. The lowest BCUT2D eigenvalue weighted by Gasteiger charge is -2.11. The molecule has 0 amide bonds. The van der Waals surface area contributed by atoms with Crippen molar-refractivity contribution in [2.75, 3.05) is 13.2 Å². The smallest absolute Gasteiger partial charge is 0.434 e. The lowest BCUT2D eigenvalue weighted by Crippen LogP contribution is -2.17. The molecule has 230 valence electrons. The lowest BCUT2D eigenvalue weighted by molar-refractivity contribution is -0.187. The zero-order valence-electron chi connectivity index (χ0n) is 24.6. The van der Waals surface area contributed by atoms with Gasteiger partial charge in [0.15, 0.2) is 0 Å².